The highest BCUT2D eigenvalue weighted by molar-refractivity contribution is 7.00. The lowest BCUT2D eigenvalue weighted by Crippen LogP contribution is -2.61. The third-order valence-electron chi connectivity index (χ3n) is 15.2. The van der Waals surface area contributed by atoms with E-state index >= 15 is 0 Å². The fourth-order valence-corrected chi connectivity index (χ4v) is 11.9. The van der Waals surface area contributed by atoms with Crippen LogP contribution < -0.4 is 21.3 Å². The molecule has 0 N–H and O–H groups in total. The molecule has 3 aliphatic heterocycles. The normalized spacial score (nSPS) is 15.5. The van der Waals surface area contributed by atoms with Gasteiger partial charge in [0, 0.05) is 39.0 Å². The van der Waals surface area contributed by atoms with Gasteiger partial charge in [-0.2, -0.15) is 0 Å². The Morgan fingerprint density at radius 3 is 1.53 bits per heavy atom. The average Bonchev–Trinajstić information content (AvgIpc) is 3.71. The van der Waals surface area contributed by atoms with Gasteiger partial charge in [0.15, 0.2) is 0 Å². The van der Waals surface area contributed by atoms with Crippen molar-refractivity contribution >= 4 is 62.0 Å². The van der Waals surface area contributed by atoms with Crippen molar-refractivity contribution in [3.63, 3.8) is 0 Å². The summed E-state index contributed by atoms with van der Waals surface area (Å²) in [5.41, 5.74) is 25.3. The van der Waals surface area contributed by atoms with Crippen LogP contribution in [0.1, 0.15) is 128 Å². The van der Waals surface area contributed by atoms with Crippen molar-refractivity contribution < 1.29 is 0 Å². The van der Waals surface area contributed by atoms with Gasteiger partial charge < -0.3 is 9.47 Å². The van der Waals surface area contributed by atoms with Crippen molar-refractivity contribution in [2.24, 2.45) is 0 Å². The molecule has 4 aliphatic rings. The first-order chi connectivity index (χ1) is 29.3. The Balaban J connectivity index is 1.33. The maximum Gasteiger partial charge on any atom is 0.252 e. The summed E-state index contributed by atoms with van der Waals surface area (Å²) in [6.45, 7) is 28.4. The fraction of sp³-hybridized carbons (Fsp3) is 0.288. The molecule has 4 heterocycles. The smallest absolute Gasteiger partial charge is 0.252 e. The zero-order valence-electron chi connectivity index (χ0n) is 38.6. The van der Waals surface area contributed by atoms with Crippen LogP contribution in [0.15, 0.2) is 127 Å². The molecule has 306 valence electrons. The van der Waals surface area contributed by atoms with E-state index in [1.165, 1.54) is 117 Å². The van der Waals surface area contributed by atoms with E-state index in [9.17, 15) is 0 Å². The molecule has 7 aromatic carbocycles. The molecular formula is C59H57BN2. The van der Waals surface area contributed by atoms with Gasteiger partial charge in [0.05, 0.1) is 10.9 Å². The van der Waals surface area contributed by atoms with Gasteiger partial charge in [-0.3, -0.25) is 0 Å². The Morgan fingerprint density at radius 2 is 0.935 bits per heavy atom. The number of benzene rings is 7. The molecule has 0 amide bonds. The number of anilines is 3. The van der Waals surface area contributed by atoms with E-state index in [0.29, 0.717) is 0 Å². The van der Waals surface area contributed by atoms with Gasteiger partial charge in [0.1, 0.15) is 0 Å². The Kier molecular flexibility index (Phi) is 7.22. The van der Waals surface area contributed by atoms with E-state index in [4.69, 9.17) is 0 Å². The molecule has 0 radical (unpaired) electrons. The predicted molar refractivity (Wildman–Crippen MR) is 266 cm³/mol. The number of rotatable bonds is 1. The zero-order chi connectivity index (χ0) is 43.2. The van der Waals surface area contributed by atoms with E-state index in [1.807, 2.05) is 0 Å². The SMILES string of the molecule is CC(C)(C)c1ccc(N2c3ccc(C(C)(C)C)cc3B3c4c2ccc2c4-n4c5c3cc(C(C)(C)C)cc5c3cc(C(C)(C)C)cc(c34)C23c2ccccc2-c2ccccc23)cc1. The second-order valence-electron chi connectivity index (χ2n) is 23.0. The molecule has 0 fully saturated rings. The first-order valence-corrected chi connectivity index (χ1v) is 22.9. The lowest BCUT2D eigenvalue weighted by atomic mass is 9.33. The van der Waals surface area contributed by atoms with E-state index in [-0.39, 0.29) is 28.4 Å². The summed E-state index contributed by atoms with van der Waals surface area (Å²) in [5, 5.41) is 2.75. The van der Waals surface area contributed by atoms with Crippen LogP contribution in [0, 0.1) is 0 Å². The predicted octanol–water partition coefficient (Wildman–Crippen LogP) is 13.3. The molecule has 0 bridgehead atoms. The molecule has 0 saturated carbocycles. The van der Waals surface area contributed by atoms with Crippen molar-refractivity contribution in [2.45, 2.75) is 110 Å². The molecule has 12 rings (SSSR count). The Morgan fingerprint density at radius 1 is 0.419 bits per heavy atom. The van der Waals surface area contributed by atoms with Gasteiger partial charge in [-0.05, 0) is 130 Å². The summed E-state index contributed by atoms with van der Waals surface area (Å²) in [7, 11) is 0. The molecule has 1 spiro atoms. The number of aromatic nitrogens is 1. The number of hydrogen-bond acceptors (Lipinski definition) is 1. The van der Waals surface area contributed by atoms with Gasteiger partial charge in [-0.15, -0.1) is 0 Å². The average molecular weight is 805 g/mol. The molecule has 2 nitrogen and oxygen atoms in total. The van der Waals surface area contributed by atoms with Crippen molar-refractivity contribution in [3.05, 3.63) is 172 Å². The number of fused-ring (bicyclic) bond motifs is 11. The molecule has 0 unspecified atom stereocenters. The maximum absolute atomic E-state index is 2.76. The fourth-order valence-electron chi connectivity index (χ4n) is 11.9. The first kappa shape index (κ1) is 37.9. The van der Waals surface area contributed by atoms with Crippen LogP contribution in [0.5, 0.6) is 0 Å². The third-order valence-corrected chi connectivity index (χ3v) is 15.2. The van der Waals surface area contributed by atoms with Crippen LogP contribution in [0.3, 0.4) is 0 Å². The Labute approximate surface area is 368 Å². The van der Waals surface area contributed by atoms with Crippen molar-refractivity contribution in [3.8, 4) is 16.8 Å². The topological polar surface area (TPSA) is 8.17 Å². The number of hydrogen-bond donors (Lipinski definition) is 0. The molecule has 62 heavy (non-hydrogen) atoms. The van der Waals surface area contributed by atoms with E-state index in [2.05, 4.69) is 220 Å². The minimum Gasteiger partial charge on any atom is -0.311 e. The summed E-state index contributed by atoms with van der Waals surface area (Å²) in [6.07, 6.45) is 0. The largest absolute Gasteiger partial charge is 0.311 e. The zero-order valence-corrected chi connectivity index (χ0v) is 38.6. The van der Waals surface area contributed by atoms with Crippen LogP contribution in [0.4, 0.5) is 17.1 Å². The Bertz CT molecular complexity index is 3230. The number of nitrogens with zero attached hydrogens (tertiary/aromatic N) is 2. The van der Waals surface area contributed by atoms with Crippen molar-refractivity contribution in [2.75, 3.05) is 4.90 Å². The standard InChI is InChI=1S/C59H57BN2/c1-55(2,3)34-21-24-38(25-22-34)61-49-27-23-35(56(4,5)6)32-47(49)60-48-33-37(58(10,11)12)30-42-41-29-36(57(7,8)9)31-46-52(41)62(53(42)48)54-45(26-28-50(61)51(54)60)59(46)43-19-15-13-17-39(43)40-18-14-16-20-44(40)59/h13-33H,1-12H3. The van der Waals surface area contributed by atoms with Crippen LogP contribution in [0.2, 0.25) is 0 Å². The molecule has 1 aromatic heterocycles. The van der Waals surface area contributed by atoms with Gasteiger partial charge in [0.25, 0.3) is 6.71 Å². The third kappa shape index (κ3) is 4.73. The second kappa shape index (κ2) is 11.8. The summed E-state index contributed by atoms with van der Waals surface area (Å²) < 4.78 is 2.76. The summed E-state index contributed by atoms with van der Waals surface area (Å²) in [6, 6.07) is 50.8. The molecule has 0 saturated heterocycles. The van der Waals surface area contributed by atoms with Crippen molar-refractivity contribution in [1.29, 1.82) is 0 Å². The highest BCUT2D eigenvalue weighted by Gasteiger charge is 2.55. The molecule has 3 heteroatoms. The van der Waals surface area contributed by atoms with E-state index < -0.39 is 5.41 Å². The first-order valence-electron chi connectivity index (χ1n) is 22.9. The van der Waals surface area contributed by atoms with Gasteiger partial charge in [0.2, 0.25) is 0 Å². The summed E-state index contributed by atoms with van der Waals surface area (Å²) in [4.78, 5) is 2.60. The van der Waals surface area contributed by atoms with Crippen LogP contribution >= 0.6 is 0 Å². The minimum absolute atomic E-state index is 0.0175. The van der Waals surface area contributed by atoms with Crippen LogP contribution in [0.25, 0.3) is 38.6 Å². The molecule has 8 aromatic rings. The van der Waals surface area contributed by atoms with Crippen LogP contribution in [-0.4, -0.2) is 11.3 Å². The van der Waals surface area contributed by atoms with Crippen LogP contribution in [-0.2, 0) is 27.1 Å². The second-order valence-corrected chi connectivity index (χ2v) is 23.0. The minimum atomic E-state index is -0.511. The maximum atomic E-state index is 2.76. The molecule has 1 aliphatic carbocycles. The lowest BCUT2D eigenvalue weighted by Gasteiger charge is -2.46. The lowest BCUT2D eigenvalue weighted by molar-refractivity contribution is 0.588. The Hall–Kier alpha value is -5.80. The molecular weight excluding hydrogens is 747 g/mol. The summed E-state index contributed by atoms with van der Waals surface area (Å²) in [5.74, 6) is 0. The summed E-state index contributed by atoms with van der Waals surface area (Å²) >= 11 is 0. The quantitative estimate of drug-likeness (QED) is 0.150. The van der Waals surface area contributed by atoms with E-state index in [1.54, 1.807) is 0 Å². The van der Waals surface area contributed by atoms with E-state index in [0.717, 1.165) is 0 Å². The van der Waals surface area contributed by atoms with Gasteiger partial charge in [-0.25, -0.2) is 0 Å². The van der Waals surface area contributed by atoms with Gasteiger partial charge in [-0.1, -0.05) is 174 Å². The molecule has 0 atom stereocenters. The highest BCUT2D eigenvalue weighted by Crippen LogP contribution is 2.62. The monoisotopic (exact) mass is 804 g/mol. The highest BCUT2D eigenvalue weighted by atomic mass is 15.2. The van der Waals surface area contributed by atoms with Crippen molar-refractivity contribution in [1.82, 2.24) is 4.57 Å². The van der Waals surface area contributed by atoms with Gasteiger partial charge >= 0.3 is 0 Å².